The molecule has 0 saturated heterocycles. The summed E-state index contributed by atoms with van der Waals surface area (Å²) < 4.78 is 5.01. The largest absolute Gasteiger partial charge is 0.504 e. The number of phenols is 1. The molecule has 0 fully saturated rings. The molecule has 0 bridgehead atoms. The second-order valence-electron chi connectivity index (χ2n) is 3.49. The molecule has 0 amide bonds. The summed E-state index contributed by atoms with van der Waals surface area (Å²) >= 11 is 5.72. The molecule has 5 heteroatoms. The van der Waals surface area contributed by atoms with E-state index in [0.717, 1.165) is 0 Å². The molecule has 1 aromatic carbocycles. The van der Waals surface area contributed by atoms with E-state index in [9.17, 15) is 5.11 Å². The first-order valence-corrected chi connectivity index (χ1v) is 5.60. The van der Waals surface area contributed by atoms with Gasteiger partial charge >= 0.3 is 0 Å². The summed E-state index contributed by atoms with van der Waals surface area (Å²) in [6.45, 7) is 0. The number of methoxy groups -OCH3 is 1. The van der Waals surface area contributed by atoms with Crippen LogP contribution in [0.4, 0.5) is 5.82 Å². The normalized spacial score (nSPS) is 10.8. The van der Waals surface area contributed by atoms with Gasteiger partial charge in [0, 0.05) is 18.0 Å². The zero-order valence-electron chi connectivity index (χ0n) is 9.67. The van der Waals surface area contributed by atoms with Gasteiger partial charge in [0.25, 0.3) is 0 Å². The van der Waals surface area contributed by atoms with Gasteiger partial charge in [0.2, 0.25) is 0 Å². The predicted molar refractivity (Wildman–Crippen MR) is 71.2 cm³/mol. The van der Waals surface area contributed by atoms with E-state index in [2.05, 4.69) is 9.98 Å². The SMILES string of the molecule is COc1cccc(C=Nc2ccc(Cl)cn2)c1O. The summed E-state index contributed by atoms with van der Waals surface area (Å²) in [7, 11) is 1.50. The fourth-order valence-corrected chi connectivity index (χ4v) is 1.50. The van der Waals surface area contributed by atoms with Gasteiger partial charge in [0.1, 0.15) is 0 Å². The first-order valence-electron chi connectivity index (χ1n) is 5.22. The molecular formula is C13H11ClN2O2. The van der Waals surface area contributed by atoms with Gasteiger partial charge < -0.3 is 9.84 Å². The van der Waals surface area contributed by atoms with Crippen molar-refractivity contribution in [2.45, 2.75) is 0 Å². The van der Waals surface area contributed by atoms with Crippen LogP contribution in [0.1, 0.15) is 5.56 Å². The van der Waals surface area contributed by atoms with E-state index in [-0.39, 0.29) is 5.75 Å². The van der Waals surface area contributed by atoms with Crippen molar-refractivity contribution in [1.82, 2.24) is 4.98 Å². The minimum absolute atomic E-state index is 0.0534. The fraction of sp³-hybridized carbons (Fsp3) is 0.0769. The third kappa shape index (κ3) is 2.78. The molecule has 0 spiro atoms. The number of hydrogen-bond donors (Lipinski definition) is 1. The maximum Gasteiger partial charge on any atom is 0.166 e. The molecule has 0 aliphatic rings. The zero-order valence-corrected chi connectivity index (χ0v) is 10.4. The molecule has 2 rings (SSSR count). The van der Waals surface area contributed by atoms with Crippen LogP contribution in [-0.4, -0.2) is 23.4 Å². The van der Waals surface area contributed by atoms with Gasteiger partial charge in [-0.15, -0.1) is 0 Å². The molecule has 0 unspecified atom stereocenters. The minimum Gasteiger partial charge on any atom is -0.504 e. The molecule has 0 aliphatic heterocycles. The van der Waals surface area contributed by atoms with E-state index in [1.165, 1.54) is 19.5 Å². The van der Waals surface area contributed by atoms with Crippen LogP contribution < -0.4 is 4.74 Å². The summed E-state index contributed by atoms with van der Waals surface area (Å²) in [5.74, 6) is 0.974. The number of nitrogens with zero attached hydrogens (tertiary/aromatic N) is 2. The Kier molecular flexibility index (Phi) is 3.79. The Hall–Kier alpha value is -2.07. The lowest BCUT2D eigenvalue weighted by atomic mass is 10.2. The summed E-state index contributed by atoms with van der Waals surface area (Å²) in [6.07, 6.45) is 3.04. The number of benzene rings is 1. The highest BCUT2D eigenvalue weighted by atomic mass is 35.5. The van der Waals surface area contributed by atoms with Crippen molar-refractivity contribution in [2.75, 3.05) is 7.11 Å². The maximum atomic E-state index is 9.85. The van der Waals surface area contributed by atoms with Gasteiger partial charge in [-0.1, -0.05) is 17.7 Å². The Morgan fingerprint density at radius 1 is 1.33 bits per heavy atom. The van der Waals surface area contributed by atoms with Gasteiger partial charge in [-0.05, 0) is 24.3 Å². The molecule has 92 valence electrons. The molecule has 1 N–H and O–H groups in total. The van der Waals surface area contributed by atoms with Gasteiger partial charge in [0.05, 0.1) is 12.1 Å². The van der Waals surface area contributed by atoms with Gasteiger partial charge in [-0.25, -0.2) is 9.98 Å². The Morgan fingerprint density at radius 2 is 2.17 bits per heavy atom. The second-order valence-corrected chi connectivity index (χ2v) is 3.93. The van der Waals surface area contributed by atoms with E-state index < -0.39 is 0 Å². The number of pyridine rings is 1. The number of ether oxygens (including phenoxy) is 1. The van der Waals surface area contributed by atoms with E-state index in [0.29, 0.717) is 22.2 Å². The third-order valence-corrected chi connectivity index (χ3v) is 2.52. The average Bonchev–Trinajstić information content (AvgIpc) is 2.39. The summed E-state index contributed by atoms with van der Waals surface area (Å²) in [4.78, 5) is 8.17. The molecule has 1 aromatic heterocycles. The van der Waals surface area contributed by atoms with Crippen molar-refractivity contribution in [1.29, 1.82) is 0 Å². The Balaban J connectivity index is 2.26. The Labute approximate surface area is 110 Å². The lowest BCUT2D eigenvalue weighted by Gasteiger charge is -2.04. The number of phenolic OH excluding ortho intramolecular Hbond substituents is 1. The molecule has 0 atom stereocenters. The van der Waals surface area contributed by atoms with Crippen molar-refractivity contribution in [3.8, 4) is 11.5 Å². The monoisotopic (exact) mass is 262 g/mol. The number of aromatic nitrogens is 1. The van der Waals surface area contributed by atoms with Crippen molar-refractivity contribution >= 4 is 23.6 Å². The van der Waals surface area contributed by atoms with Crippen LogP contribution in [-0.2, 0) is 0 Å². The molecule has 4 nitrogen and oxygen atoms in total. The minimum atomic E-state index is 0.0534. The Bertz CT molecular complexity index is 568. The highest BCUT2D eigenvalue weighted by Crippen LogP contribution is 2.28. The van der Waals surface area contributed by atoms with Gasteiger partial charge in [-0.3, -0.25) is 0 Å². The van der Waals surface area contributed by atoms with E-state index in [1.54, 1.807) is 30.3 Å². The van der Waals surface area contributed by atoms with E-state index >= 15 is 0 Å². The van der Waals surface area contributed by atoms with E-state index in [4.69, 9.17) is 16.3 Å². The molecule has 0 saturated carbocycles. The van der Waals surface area contributed by atoms with Crippen LogP contribution >= 0.6 is 11.6 Å². The highest BCUT2D eigenvalue weighted by Gasteiger charge is 2.04. The van der Waals surface area contributed by atoms with Crippen LogP contribution in [0.5, 0.6) is 11.5 Å². The quantitative estimate of drug-likeness (QED) is 0.864. The van der Waals surface area contributed by atoms with Crippen LogP contribution in [0, 0.1) is 0 Å². The van der Waals surface area contributed by atoms with Gasteiger partial charge in [-0.2, -0.15) is 0 Å². The first-order chi connectivity index (χ1) is 8.70. The standard InChI is InChI=1S/C13H11ClN2O2/c1-18-11-4-2-3-9(13(11)17)7-15-12-6-5-10(14)8-16-12/h2-8,17H,1H3. The summed E-state index contributed by atoms with van der Waals surface area (Å²) in [5, 5.41) is 10.4. The molecule has 0 aliphatic carbocycles. The molecule has 18 heavy (non-hydrogen) atoms. The fourth-order valence-electron chi connectivity index (χ4n) is 1.39. The van der Waals surface area contributed by atoms with Crippen molar-refractivity contribution in [3.63, 3.8) is 0 Å². The maximum absolute atomic E-state index is 9.85. The predicted octanol–water partition coefficient (Wildman–Crippen LogP) is 3.20. The number of rotatable bonds is 3. The molecule has 2 aromatic rings. The number of para-hydroxylation sites is 1. The van der Waals surface area contributed by atoms with Gasteiger partial charge in [0.15, 0.2) is 17.3 Å². The average molecular weight is 263 g/mol. The second kappa shape index (κ2) is 5.51. The lowest BCUT2D eigenvalue weighted by molar-refractivity contribution is 0.373. The highest BCUT2D eigenvalue weighted by molar-refractivity contribution is 6.30. The number of hydrogen-bond acceptors (Lipinski definition) is 4. The molecule has 1 heterocycles. The summed E-state index contributed by atoms with van der Waals surface area (Å²) in [6, 6.07) is 8.57. The Morgan fingerprint density at radius 3 is 2.83 bits per heavy atom. The topological polar surface area (TPSA) is 54.7 Å². The van der Waals surface area contributed by atoms with Crippen molar-refractivity contribution in [2.24, 2.45) is 4.99 Å². The number of aromatic hydroxyl groups is 1. The summed E-state index contributed by atoms with van der Waals surface area (Å²) in [5.41, 5.74) is 0.561. The third-order valence-electron chi connectivity index (χ3n) is 2.30. The smallest absolute Gasteiger partial charge is 0.166 e. The first kappa shape index (κ1) is 12.4. The van der Waals surface area contributed by atoms with Crippen LogP contribution in [0.15, 0.2) is 41.5 Å². The number of aliphatic imine (C=N–C) groups is 1. The molecular weight excluding hydrogens is 252 g/mol. The van der Waals surface area contributed by atoms with E-state index in [1.807, 2.05) is 0 Å². The lowest BCUT2D eigenvalue weighted by Crippen LogP contribution is -1.88. The van der Waals surface area contributed by atoms with Crippen molar-refractivity contribution < 1.29 is 9.84 Å². The zero-order chi connectivity index (χ0) is 13.0. The van der Waals surface area contributed by atoms with Crippen molar-refractivity contribution in [3.05, 3.63) is 47.1 Å². The number of halogens is 1. The van der Waals surface area contributed by atoms with Crippen LogP contribution in [0.2, 0.25) is 5.02 Å². The van der Waals surface area contributed by atoms with Crippen LogP contribution in [0.3, 0.4) is 0 Å². The van der Waals surface area contributed by atoms with Crippen LogP contribution in [0.25, 0.3) is 0 Å². The molecule has 0 radical (unpaired) electrons.